The standard InChI is InChI=1S/C22H22F5N3O6/c1-35-16-5-11-15(6-17(16)36-18(8-32)20(34)19(33)14(24)7-31)28-9-29-21(11)30-10-2-3-13(23)12(4-10)22(25,26)27/h2-6,9,14,18-20,31-34H,7-8H2,1H3,(H,28,29,30)/t14-,18-,19+,20+/m1/s1. The molecule has 5 N–H and O–H groups in total. The minimum absolute atomic E-state index is 0.00883. The van der Waals surface area contributed by atoms with Gasteiger partial charge in [-0.15, -0.1) is 0 Å². The highest BCUT2D eigenvalue weighted by molar-refractivity contribution is 5.93. The molecule has 0 saturated heterocycles. The van der Waals surface area contributed by atoms with Crippen molar-refractivity contribution in [3.8, 4) is 11.5 Å². The lowest BCUT2D eigenvalue weighted by molar-refractivity contribution is -0.139. The van der Waals surface area contributed by atoms with Crippen molar-refractivity contribution in [1.82, 2.24) is 9.97 Å². The number of hydrogen-bond donors (Lipinski definition) is 5. The van der Waals surface area contributed by atoms with E-state index in [4.69, 9.17) is 14.6 Å². The van der Waals surface area contributed by atoms with Crippen molar-refractivity contribution in [2.45, 2.75) is 30.7 Å². The highest BCUT2D eigenvalue weighted by Crippen LogP contribution is 2.37. The van der Waals surface area contributed by atoms with Crippen LogP contribution in [0.5, 0.6) is 11.5 Å². The van der Waals surface area contributed by atoms with Gasteiger partial charge < -0.3 is 35.2 Å². The summed E-state index contributed by atoms with van der Waals surface area (Å²) in [6.45, 7) is -1.92. The van der Waals surface area contributed by atoms with Gasteiger partial charge >= 0.3 is 6.18 Å². The van der Waals surface area contributed by atoms with Crippen LogP contribution in [-0.2, 0) is 6.18 Å². The summed E-state index contributed by atoms with van der Waals surface area (Å²) in [5.74, 6) is -1.47. The SMILES string of the molecule is COc1cc2c(Nc3ccc(F)c(C(F)(F)F)c3)ncnc2cc1O[C@H](CO)[C@H](O)[C@@H](O)[C@H](F)CO. The molecule has 3 aromatic rings. The highest BCUT2D eigenvalue weighted by Gasteiger charge is 2.35. The van der Waals surface area contributed by atoms with Crippen LogP contribution in [-0.4, -0.2) is 75.2 Å². The Morgan fingerprint density at radius 1 is 1.00 bits per heavy atom. The van der Waals surface area contributed by atoms with Gasteiger partial charge in [-0.25, -0.2) is 18.7 Å². The summed E-state index contributed by atoms with van der Waals surface area (Å²) in [6.07, 6.45) is -11.5. The van der Waals surface area contributed by atoms with E-state index in [1.807, 2.05) is 0 Å². The predicted octanol–water partition coefficient (Wildman–Crippen LogP) is 2.33. The van der Waals surface area contributed by atoms with Gasteiger partial charge in [0, 0.05) is 17.1 Å². The average Bonchev–Trinajstić information content (AvgIpc) is 2.85. The molecule has 1 heterocycles. The van der Waals surface area contributed by atoms with Crippen molar-refractivity contribution in [3.05, 3.63) is 48.0 Å². The minimum atomic E-state index is -4.91. The summed E-state index contributed by atoms with van der Waals surface area (Å²) in [4.78, 5) is 8.06. The summed E-state index contributed by atoms with van der Waals surface area (Å²) in [5.41, 5.74) is -1.39. The Hall–Kier alpha value is -3.33. The van der Waals surface area contributed by atoms with Crippen molar-refractivity contribution in [1.29, 1.82) is 0 Å². The van der Waals surface area contributed by atoms with Gasteiger partial charge in [0.2, 0.25) is 0 Å². The number of nitrogens with one attached hydrogen (secondary N) is 1. The van der Waals surface area contributed by atoms with Crippen LogP contribution >= 0.6 is 0 Å². The van der Waals surface area contributed by atoms with E-state index in [0.29, 0.717) is 12.1 Å². The van der Waals surface area contributed by atoms with Crippen molar-refractivity contribution >= 4 is 22.4 Å². The number of aliphatic hydroxyl groups excluding tert-OH is 4. The number of hydrogen-bond acceptors (Lipinski definition) is 9. The summed E-state index contributed by atoms with van der Waals surface area (Å²) >= 11 is 0. The fraction of sp³-hybridized carbons (Fsp3) is 0.364. The lowest BCUT2D eigenvalue weighted by Gasteiger charge is -2.28. The van der Waals surface area contributed by atoms with Crippen LogP contribution in [0.3, 0.4) is 0 Å². The van der Waals surface area contributed by atoms with Gasteiger partial charge in [-0.1, -0.05) is 0 Å². The van der Waals surface area contributed by atoms with Crippen molar-refractivity contribution in [3.63, 3.8) is 0 Å². The van der Waals surface area contributed by atoms with E-state index < -0.39 is 55.3 Å². The first-order valence-electron chi connectivity index (χ1n) is 10.3. The second kappa shape index (κ2) is 11.2. The van der Waals surface area contributed by atoms with E-state index in [2.05, 4.69) is 15.3 Å². The number of aromatic nitrogens is 2. The molecule has 0 bridgehead atoms. The van der Waals surface area contributed by atoms with Gasteiger partial charge in [0.1, 0.15) is 30.2 Å². The molecule has 3 rings (SSSR count). The van der Waals surface area contributed by atoms with E-state index in [0.717, 1.165) is 12.4 Å². The first-order valence-corrected chi connectivity index (χ1v) is 10.3. The molecule has 0 aliphatic rings. The number of benzene rings is 2. The molecule has 0 aliphatic carbocycles. The van der Waals surface area contributed by atoms with Crippen LogP contribution < -0.4 is 14.8 Å². The van der Waals surface area contributed by atoms with Crippen LogP contribution in [0.4, 0.5) is 33.5 Å². The smallest absolute Gasteiger partial charge is 0.419 e. The first kappa shape index (κ1) is 27.3. The maximum absolute atomic E-state index is 13.6. The van der Waals surface area contributed by atoms with E-state index in [1.165, 1.54) is 19.2 Å². The van der Waals surface area contributed by atoms with E-state index in [9.17, 15) is 37.3 Å². The maximum Gasteiger partial charge on any atom is 0.419 e. The fourth-order valence-electron chi connectivity index (χ4n) is 3.29. The molecule has 0 radical (unpaired) electrons. The number of anilines is 2. The predicted molar refractivity (Wildman–Crippen MR) is 116 cm³/mol. The van der Waals surface area contributed by atoms with Crippen LogP contribution in [0, 0.1) is 5.82 Å². The highest BCUT2D eigenvalue weighted by atomic mass is 19.4. The number of aliphatic hydroxyl groups is 4. The quantitative estimate of drug-likeness (QED) is 0.256. The number of fused-ring (bicyclic) bond motifs is 1. The molecule has 1 aromatic heterocycles. The summed E-state index contributed by atoms with van der Waals surface area (Å²) in [7, 11) is 1.25. The Balaban J connectivity index is 1.96. The van der Waals surface area contributed by atoms with Gasteiger partial charge in [0.25, 0.3) is 0 Å². The van der Waals surface area contributed by atoms with Crippen LogP contribution in [0.15, 0.2) is 36.7 Å². The Morgan fingerprint density at radius 3 is 2.33 bits per heavy atom. The van der Waals surface area contributed by atoms with Crippen molar-refractivity contribution < 1.29 is 51.9 Å². The second-order valence-electron chi connectivity index (χ2n) is 7.58. The third-order valence-corrected chi connectivity index (χ3v) is 5.19. The monoisotopic (exact) mass is 519 g/mol. The van der Waals surface area contributed by atoms with Crippen LogP contribution in [0.1, 0.15) is 5.56 Å². The third kappa shape index (κ3) is 5.90. The zero-order valence-corrected chi connectivity index (χ0v) is 18.6. The molecule has 196 valence electrons. The van der Waals surface area contributed by atoms with Crippen LogP contribution in [0.2, 0.25) is 0 Å². The zero-order valence-electron chi connectivity index (χ0n) is 18.6. The number of nitrogens with zero attached hydrogens (tertiary/aromatic N) is 2. The second-order valence-corrected chi connectivity index (χ2v) is 7.58. The molecule has 4 atom stereocenters. The topological polar surface area (TPSA) is 137 Å². The number of rotatable bonds is 10. The minimum Gasteiger partial charge on any atom is -0.493 e. The molecule has 0 saturated carbocycles. The summed E-state index contributed by atoms with van der Waals surface area (Å²) in [5, 5.41) is 41.3. The number of halogens is 5. The lowest BCUT2D eigenvalue weighted by atomic mass is 10.0. The molecule has 14 heteroatoms. The number of methoxy groups -OCH3 is 1. The van der Waals surface area contributed by atoms with E-state index in [-0.39, 0.29) is 33.9 Å². The normalized spacial score (nSPS) is 15.3. The molecule has 0 aliphatic heterocycles. The van der Waals surface area contributed by atoms with Crippen molar-refractivity contribution in [2.24, 2.45) is 0 Å². The van der Waals surface area contributed by atoms with Crippen molar-refractivity contribution in [2.75, 3.05) is 25.6 Å². The summed E-state index contributed by atoms with van der Waals surface area (Å²) in [6, 6.07) is 4.99. The van der Waals surface area contributed by atoms with Gasteiger partial charge in [-0.05, 0) is 24.3 Å². The Kier molecular flexibility index (Phi) is 8.45. The molecule has 0 spiro atoms. The van der Waals surface area contributed by atoms with E-state index in [1.54, 1.807) is 0 Å². The first-order chi connectivity index (χ1) is 17.0. The third-order valence-electron chi connectivity index (χ3n) is 5.19. The molecular formula is C22H22F5N3O6. The number of alkyl halides is 4. The molecule has 2 aromatic carbocycles. The zero-order chi connectivity index (χ0) is 26.6. The lowest BCUT2D eigenvalue weighted by Crippen LogP contribution is -2.48. The number of ether oxygens (including phenoxy) is 2. The molecule has 9 nitrogen and oxygen atoms in total. The molecule has 0 amide bonds. The van der Waals surface area contributed by atoms with Crippen LogP contribution in [0.25, 0.3) is 10.9 Å². The van der Waals surface area contributed by atoms with Gasteiger partial charge in [-0.3, -0.25) is 0 Å². The fourth-order valence-corrected chi connectivity index (χ4v) is 3.29. The Bertz CT molecular complexity index is 1200. The molecule has 0 unspecified atom stereocenters. The molecule has 0 fully saturated rings. The van der Waals surface area contributed by atoms with Gasteiger partial charge in [0.05, 0.1) is 31.4 Å². The largest absolute Gasteiger partial charge is 0.493 e. The Morgan fingerprint density at radius 2 is 1.72 bits per heavy atom. The maximum atomic E-state index is 13.6. The Labute approximate surface area is 200 Å². The molecule has 36 heavy (non-hydrogen) atoms. The summed E-state index contributed by atoms with van der Waals surface area (Å²) < 4.78 is 77.1. The van der Waals surface area contributed by atoms with E-state index >= 15 is 0 Å². The molecular weight excluding hydrogens is 497 g/mol. The van der Waals surface area contributed by atoms with Gasteiger partial charge in [0.15, 0.2) is 23.8 Å². The average molecular weight is 519 g/mol. The van der Waals surface area contributed by atoms with Gasteiger partial charge in [-0.2, -0.15) is 13.2 Å².